The van der Waals surface area contributed by atoms with Crippen molar-refractivity contribution >= 4 is 23.5 Å². The minimum absolute atomic E-state index is 0.00671. The van der Waals surface area contributed by atoms with Crippen LogP contribution in [0.5, 0.6) is 0 Å². The van der Waals surface area contributed by atoms with Crippen molar-refractivity contribution in [3.8, 4) is 0 Å². The molecule has 4 nitrogen and oxygen atoms in total. The Hall–Kier alpha value is -1.55. The van der Waals surface area contributed by atoms with Crippen molar-refractivity contribution in [3.05, 3.63) is 34.3 Å². The maximum absolute atomic E-state index is 12.0. The monoisotopic (exact) mass is 309 g/mol. The summed E-state index contributed by atoms with van der Waals surface area (Å²) in [6, 6.07) is 5.55. The molecule has 1 aliphatic carbocycles. The first-order chi connectivity index (χ1) is 9.95. The quantitative estimate of drug-likeness (QED) is 0.814. The summed E-state index contributed by atoms with van der Waals surface area (Å²) in [6.07, 6.45) is 2.98. The largest absolute Gasteiger partial charge is 0.481 e. The summed E-state index contributed by atoms with van der Waals surface area (Å²) in [5, 5.41) is 12.4. The molecule has 5 heteroatoms. The molecule has 1 aliphatic rings. The van der Waals surface area contributed by atoms with Crippen molar-refractivity contribution in [2.45, 2.75) is 45.1 Å². The van der Waals surface area contributed by atoms with Gasteiger partial charge in [0.25, 0.3) is 0 Å². The maximum Gasteiger partial charge on any atom is 0.305 e. The Morgan fingerprint density at radius 1 is 1.43 bits per heavy atom. The van der Waals surface area contributed by atoms with Gasteiger partial charge in [-0.2, -0.15) is 0 Å². The molecule has 0 saturated heterocycles. The number of carbonyl (C=O) groups is 2. The van der Waals surface area contributed by atoms with E-state index >= 15 is 0 Å². The third-order valence-electron chi connectivity index (χ3n) is 3.81. The summed E-state index contributed by atoms with van der Waals surface area (Å²) in [7, 11) is 0. The molecule has 0 aromatic heterocycles. The number of halogens is 1. The molecule has 114 valence electrons. The standard InChI is InChI=1S/C16H20ClNO3/c1-10-2-3-11(8-13(10)17)4-7-15(19)18-14(9-16(20)21)12-5-6-12/h2-3,8,12,14H,4-7,9H2,1H3,(H,18,19)(H,20,21). The third kappa shape index (κ3) is 5.05. The fourth-order valence-corrected chi connectivity index (χ4v) is 2.55. The third-order valence-corrected chi connectivity index (χ3v) is 4.22. The average Bonchev–Trinajstić information content (AvgIpc) is 3.23. The minimum Gasteiger partial charge on any atom is -0.481 e. The highest BCUT2D eigenvalue weighted by Crippen LogP contribution is 2.34. The van der Waals surface area contributed by atoms with E-state index in [2.05, 4.69) is 5.32 Å². The van der Waals surface area contributed by atoms with Gasteiger partial charge in [0.15, 0.2) is 0 Å². The first-order valence-electron chi connectivity index (χ1n) is 7.22. The Labute approximate surface area is 129 Å². The number of amides is 1. The van der Waals surface area contributed by atoms with Crippen LogP contribution in [0, 0.1) is 12.8 Å². The van der Waals surface area contributed by atoms with Crippen LogP contribution in [0.25, 0.3) is 0 Å². The fraction of sp³-hybridized carbons (Fsp3) is 0.500. The summed E-state index contributed by atoms with van der Waals surface area (Å²) in [4.78, 5) is 22.8. The molecule has 1 aromatic rings. The van der Waals surface area contributed by atoms with Crippen LogP contribution in [0.1, 0.15) is 36.8 Å². The molecule has 1 saturated carbocycles. The summed E-state index contributed by atoms with van der Waals surface area (Å²) >= 11 is 6.05. The van der Waals surface area contributed by atoms with Gasteiger partial charge in [0, 0.05) is 17.5 Å². The number of nitrogens with one attached hydrogen (secondary N) is 1. The van der Waals surface area contributed by atoms with E-state index in [1.807, 2.05) is 25.1 Å². The van der Waals surface area contributed by atoms with Crippen LogP contribution >= 0.6 is 11.6 Å². The number of carboxylic acid groups (broad SMARTS) is 1. The Morgan fingerprint density at radius 2 is 2.14 bits per heavy atom. The second-order valence-electron chi connectivity index (χ2n) is 5.69. The van der Waals surface area contributed by atoms with E-state index in [4.69, 9.17) is 16.7 Å². The molecule has 2 rings (SSSR count). The highest BCUT2D eigenvalue weighted by Gasteiger charge is 2.33. The fourth-order valence-electron chi connectivity index (χ4n) is 2.35. The summed E-state index contributed by atoms with van der Waals surface area (Å²) in [6.45, 7) is 1.94. The molecule has 0 radical (unpaired) electrons. The molecule has 1 fully saturated rings. The van der Waals surface area contributed by atoms with Gasteiger partial charge in [-0.3, -0.25) is 9.59 Å². The number of hydrogen-bond donors (Lipinski definition) is 2. The molecule has 0 bridgehead atoms. The summed E-state index contributed by atoms with van der Waals surface area (Å²) < 4.78 is 0. The van der Waals surface area contributed by atoms with Gasteiger partial charge in [-0.1, -0.05) is 23.7 Å². The predicted molar refractivity (Wildman–Crippen MR) is 81.4 cm³/mol. The van der Waals surface area contributed by atoms with Gasteiger partial charge in [0.1, 0.15) is 0 Å². The van der Waals surface area contributed by atoms with Crippen molar-refractivity contribution in [2.75, 3.05) is 0 Å². The van der Waals surface area contributed by atoms with E-state index < -0.39 is 5.97 Å². The van der Waals surface area contributed by atoms with Gasteiger partial charge in [0.05, 0.1) is 6.42 Å². The number of carbonyl (C=O) groups excluding carboxylic acids is 1. The number of hydrogen-bond acceptors (Lipinski definition) is 2. The van der Waals surface area contributed by atoms with E-state index in [0.717, 1.165) is 24.0 Å². The molecule has 21 heavy (non-hydrogen) atoms. The Morgan fingerprint density at radius 3 is 2.71 bits per heavy atom. The van der Waals surface area contributed by atoms with Crippen molar-refractivity contribution in [2.24, 2.45) is 5.92 Å². The second kappa shape index (κ2) is 6.94. The minimum atomic E-state index is -0.863. The number of carboxylic acids is 1. The lowest BCUT2D eigenvalue weighted by Crippen LogP contribution is -2.38. The zero-order valence-corrected chi connectivity index (χ0v) is 12.8. The molecule has 0 spiro atoms. The average molecular weight is 310 g/mol. The van der Waals surface area contributed by atoms with Crippen molar-refractivity contribution in [1.82, 2.24) is 5.32 Å². The lowest BCUT2D eigenvalue weighted by atomic mass is 10.1. The van der Waals surface area contributed by atoms with Gasteiger partial charge < -0.3 is 10.4 Å². The van der Waals surface area contributed by atoms with Gasteiger partial charge >= 0.3 is 5.97 Å². The highest BCUT2D eigenvalue weighted by molar-refractivity contribution is 6.31. The van der Waals surface area contributed by atoms with Gasteiger partial charge in [-0.15, -0.1) is 0 Å². The van der Waals surface area contributed by atoms with E-state index in [1.54, 1.807) is 0 Å². The van der Waals surface area contributed by atoms with Crippen molar-refractivity contribution < 1.29 is 14.7 Å². The normalized spacial score (nSPS) is 15.5. The maximum atomic E-state index is 12.0. The van der Waals surface area contributed by atoms with Crippen LogP contribution in [0.3, 0.4) is 0 Å². The van der Waals surface area contributed by atoms with E-state index in [1.165, 1.54) is 0 Å². The van der Waals surface area contributed by atoms with Crippen LogP contribution in [0.2, 0.25) is 5.02 Å². The number of benzene rings is 1. The topological polar surface area (TPSA) is 66.4 Å². The van der Waals surface area contributed by atoms with E-state index in [-0.39, 0.29) is 18.4 Å². The first kappa shape index (κ1) is 15.8. The molecule has 0 aliphatic heterocycles. The van der Waals surface area contributed by atoms with Gasteiger partial charge in [0.2, 0.25) is 5.91 Å². The van der Waals surface area contributed by atoms with Crippen LogP contribution in [0.15, 0.2) is 18.2 Å². The van der Waals surface area contributed by atoms with Crippen molar-refractivity contribution in [1.29, 1.82) is 0 Å². The molecule has 1 aromatic carbocycles. The van der Waals surface area contributed by atoms with Crippen LogP contribution in [-0.2, 0) is 16.0 Å². The number of rotatable bonds is 7. The molecule has 1 amide bonds. The summed E-state index contributed by atoms with van der Waals surface area (Å²) in [5.74, 6) is -0.624. The van der Waals surface area contributed by atoms with Gasteiger partial charge in [-0.05, 0) is 49.3 Å². The Bertz CT molecular complexity index is 540. The second-order valence-corrected chi connectivity index (χ2v) is 6.10. The molecule has 1 atom stereocenters. The summed E-state index contributed by atoms with van der Waals surface area (Å²) in [5.41, 5.74) is 2.03. The first-order valence-corrected chi connectivity index (χ1v) is 7.59. The lowest BCUT2D eigenvalue weighted by molar-refractivity contribution is -0.137. The lowest BCUT2D eigenvalue weighted by Gasteiger charge is -2.16. The van der Waals surface area contributed by atoms with Crippen molar-refractivity contribution in [3.63, 3.8) is 0 Å². The molecule has 2 N–H and O–H groups in total. The van der Waals surface area contributed by atoms with Crippen LogP contribution in [-0.4, -0.2) is 23.0 Å². The molecule has 1 unspecified atom stereocenters. The van der Waals surface area contributed by atoms with E-state index in [0.29, 0.717) is 23.8 Å². The van der Waals surface area contributed by atoms with E-state index in [9.17, 15) is 9.59 Å². The highest BCUT2D eigenvalue weighted by atomic mass is 35.5. The zero-order valence-electron chi connectivity index (χ0n) is 12.1. The molecular weight excluding hydrogens is 290 g/mol. The Balaban J connectivity index is 1.83. The smallest absolute Gasteiger partial charge is 0.305 e. The number of aliphatic carboxylic acids is 1. The predicted octanol–water partition coefficient (Wildman–Crippen LogP) is 2.95. The Kier molecular flexibility index (Phi) is 5.23. The zero-order chi connectivity index (χ0) is 15.4. The van der Waals surface area contributed by atoms with Gasteiger partial charge in [-0.25, -0.2) is 0 Å². The number of aryl methyl sites for hydroxylation is 2. The molecule has 0 heterocycles. The van der Waals surface area contributed by atoms with Crippen LogP contribution in [0.4, 0.5) is 0 Å². The molecular formula is C16H20ClNO3. The van der Waals surface area contributed by atoms with Crippen LogP contribution < -0.4 is 5.32 Å². The SMILES string of the molecule is Cc1ccc(CCC(=O)NC(CC(=O)O)C2CC2)cc1Cl.